The number of imide groups is 2. The van der Waals surface area contributed by atoms with Crippen molar-refractivity contribution in [2.45, 2.75) is 154 Å². The predicted octanol–water partition coefficient (Wildman–Crippen LogP) is -1.84. The fraction of sp³-hybridized carbons (Fsp3) is 0.786. The molecule has 0 aromatic rings. The molecule has 0 aromatic heterocycles. The fourth-order valence-corrected chi connectivity index (χ4v) is 11.0. The van der Waals surface area contributed by atoms with Crippen molar-refractivity contribution in [1.82, 2.24) is 52.3 Å². The van der Waals surface area contributed by atoms with Crippen molar-refractivity contribution < 1.29 is 162 Å². The molecule has 0 bridgehead atoms. The normalized spacial score (nSPS) is 13.6. The Kier molecular flexibility index (Phi) is 68.2. The summed E-state index contributed by atoms with van der Waals surface area (Å²) in [6.07, 6.45) is 2.03. The minimum absolute atomic E-state index is 0.0223. The first-order valence-corrected chi connectivity index (χ1v) is 43.6. The Labute approximate surface area is 750 Å². The van der Waals surface area contributed by atoms with Crippen molar-refractivity contribution in [3.63, 3.8) is 0 Å². The maximum atomic E-state index is 15.2. The number of unbranched alkanes of at least 4 members (excludes halogenated alkanes) is 2. The molecule has 0 fully saturated rings. The molecule has 0 spiro atoms. The quantitative estimate of drug-likeness (QED) is 0.0188. The fourth-order valence-electron chi connectivity index (χ4n) is 11.0. The minimum atomic E-state index is -2.26. The molecule has 0 saturated heterocycles. The summed E-state index contributed by atoms with van der Waals surface area (Å²) in [5.74, 6) is -11.7. The summed E-state index contributed by atoms with van der Waals surface area (Å²) < 4.78 is 108. The van der Waals surface area contributed by atoms with E-state index < -0.39 is 132 Å². The number of amides is 12. The zero-order valence-corrected chi connectivity index (χ0v) is 76.2. The van der Waals surface area contributed by atoms with E-state index in [9.17, 15) is 57.5 Å². The molecule has 734 valence electrons. The van der Waals surface area contributed by atoms with Crippen molar-refractivity contribution in [3.8, 4) is 0 Å². The van der Waals surface area contributed by atoms with E-state index in [0.29, 0.717) is 185 Å². The molecule has 44 heteroatoms. The monoisotopic (exact) mass is 1840 g/mol. The lowest BCUT2D eigenvalue weighted by Crippen LogP contribution is -2.66. The SMILES string of the molecule is COCCOCCOCCOCCOCCOCCOCCOCCOCCC(=O)NCCCC[C@H](NC(=O)C(NC(=O)CCN1C(=O)C=CC1=O)C(NC(=O)CCN1C(=O)C=CC1=O)C(=O)N[C@@H](CCCCNC(=O)CCOCCOCCOCCOCCOCCOCCOCCOCCOC)C(=O)NCCC(=O)OC(C)(C)C)C(=O)NCCC(=O)OC(C)(C)C. The molecular weight excluding hydrogens is 1690 g/mol. The molecule has 0 aromatic carbocycles. The van der Waals surface area contributed by atoms with Gasteiger partial charge in [-0.25, -0.2) is 0 Å². The zero-order valence-electron chi connectivity index (χ0n) is 76.2. The molecule has 44 nitrogen and oxygen atoms in total. The molecule has 2 rings (SSSR count). The van der Waals surface area contributed by atoms with E-state index in [0.717, 1.165) is 34.1 Å². The summed E-state index contributed by atoms with van der Waals surface area (Å²) in [6.45, 7) is 21.0. The Hall–Kier alpha value is -8.26. The van der Waals surface area contributed by atoms with Gasteiger partial charge in [0, 0.05) is 103 Å². The van der Waals surface area contributed by atoms with Gasteiger partial charge in [0.1, 0.15) is 35.4 Å². The van der Waals surface area contributed by atoms with Crippen LogP contribution < -0.4 is 42.5 Å². The molecular formula is C84H144N10O34. The van der Waals surface area contributed by atoms with Gasteiger partial charge in [0.15, 0.2) is 0 Å². The van der Waals surface area contributed by atoms with Crippen molar-refractivity contribution in [2.75, 3.05) is 278 Å². The number of hydrogen-bond acceptors (Lipinski definition) is 34. The second-order valence-corrected chi connectivity index (χ2v) is 30.3. The first-order chi connectivity index (χ1) is 61.6. The van der Waals surface area contributed by atoms with Gasteiger partial charge in [-0.3, -0.25) is 76.9 Å². The molecule has 0 saturated carbocycles. The summed E-state index contributed by atoms with van der Waals surface area (Å²) in [6, 6.07) is -7.64. The molecule has 0 radical (unpaired) electrons. The third-order valence-corrected chi connectivity index (χ3v) is 17.3. The summed E-state index contributed by atoms with van der Waals surface area (Å²) in [5.41, 5.74) is -1.78. The van der Waals surface area contributed by atoms with E-state index in [1.165, 1.54) is 0 Å². The number of hydrogen-bond donors (Lipinski definition) is 8. The number of methoxy groups -OCH3 is 2. The van der Waals surface area contributed by atoms with Crippen LogP contribution in [0, 0.1) is 0 Å². The average Bonchev–Trinajstić information content (AvgIpc) is 1.12. The van der Waals surface area contributed by atoms with Crippen LogP contribution >= 0.6 is 0 Å². The standard InChI is InChI=1S/C84H144N10O34/c1-83(2,3)127-75(103)19-27-87-79(105)65(13-9-11-25-85-67(95)23-31-111-37-39-115-45-47-119-53-55-123-61-63-125-59-57-121-51-49-117-43-41-113-35-33-109-7)89-81(107)77(91-69(97)21-29-93-71(99)15-16-72(93)100)78(92-70(98)22-30-94-73(101)17-18-74(94)102)82(108)90-66(80(106)88-28-20-76(104)128-84(4,5)6)14-10-12-26-86-68(96)24-32-112-38-40-116-46-48-120-54-56-124-62-64-126-60-58-122-52-50-118-44-42-114-36-34-110-8/h15-18,65-66,77-78H,9-14,19-64H2,1-8H3,(H,85,95)(H,86,96)(H,87,105)(H,88,106)(H,89,107)(H,90,108)(H,91,97)(H,92,98)/t65-,66-,77?,78?/m0/s1. The van der Waals surface area contributed by atoms with Gasteiger partial charge in [0.25, 0.3) is 23.6 Å². The van der Waals surface area contributed by atoms with Gasteiger partial charge in [0.2, 0.25) is 47.3 Å². The molecule has 2 heterocycles. The molecule has 0 aliphatic carbocycles. The maximum Gasteiger partial charge on any atom is 0.308 e. The van der Waals surface area contributed by atoms with Crippen LogP contribution in [0.4, 0.5) is 0 Å². The van der Waals surface area contributed by atoms with Crippen molar-refractivity contribution in [2.24, 2.45) is 0 Å². The molecule has 2 unspecified atom stereocenters. The van der Waals surface area contributed by atoms with Gasteiger partial charge in [-0.05, 0) is 80.1 Å². The number of carbonyl (C=O) groups is 14. The molecule has 128 heavy (non-hydrogen) atoms. The maximum absolute atomic E-state index is 15.2. The van der Waals surface area contributed by atoms with Crippen LogP contribution in [0.2, 0.25) is 0 Å². The van der Waals surface area contributed by atoms with Gasteiger partial charge in [-0.2, -0.15) is 0 Å². The highest BCUT2D eigenvalue weighted by Gasteiger charge is 2.40. The highest BCUT2D eigenvalue weighted by Crippen LogP contribution is 2.14. The lowest BCUT2D eigenvalue weighted by molar-refractivity contribution is -0.156. The Morgan fingerprint density at radius 1 is 0.273 bits per heavy atom. The number of carbonyl (C=O) groups excluding carboxylic acids is 14. The Morgan fingerprint density at radius 3 is 0.742 bits per heavy atom. The Bertz CT molecular complexity index is 2960. The van der Waals surface area contributed by atoms with Crippen LogP contribution in [0.25, 0.3) is 0 Å². The second-order valence-electron chi connectivity index (χ2n) is 30.3. The van der Waals surface area contributed by atoms with Crippen LogP contribution in [0.5, 0.6) is 0 Å². The van der Waals surface area contributed by atoms with E-state index in [-0.39, 0.29) is 142 Å². The average molecular weight is 1840 g/mol. The van der Waals surface area contributed by atoms with Crippen LogP contribution in [0.3, 0.4) is 0 Å². The zero-order chi connectivity index (χ0) is 93.9. The first kappa shape index (κ1) is 116. The van der Waals surface area contributed by atoms with Gasteiger partial charge in [-0.15, -0.1) is 0 Å². The topological polar surface area (TPSA) is 526 Å². The van der Waals surface area contributed by atoms with E-state index >= 15 is 9.59 Å². The Morgan fingerprint density at radius 2 is 0.508 bits per heavy atom. The Balaban J connectivity index is 2.16. The third-order valence-electron chi connectivity index (χ3n) is 17.3. The summed E-state index contributed by atoms with van der Waals surface area (Å²) in [7, 11) is 3.23. The van der Waals surface area contributed by atoms with Gasteiger partial charge in [-0.1, -0.05) is 0 Å². The van der Waals surface area contributed by atoms with E-state index in [1.54, 1.807) is 55.8 Å². The number of rotatable bonds is 85. The van der Waals surface area contributed by atoms with Gasteiger partial charge < -0.3 is 137 Å². The van der Waals surface area contributed by atoms with Crippen LogP contribution in [0.1, 0.15) is 119 Å². The van der Waals surface area contributed by atoms with Crippen LogP contribution in [0.15, 0.2) is 24.3 Å². The third kappa shape index (κ3) is 64.5. The highest BCUT2D eigenvalue weighted by atomic mass is 16.6. The smallest absolute Gasteiger partial charge is 0.308 e. The molecule has 2 aliphatic heterocycles. The number of nitrogens with zero attached hydrogens (tertiary/aromatic N) is 2. The molecule has 4 atom stereocenters. The summed E-state index contributed by atoms with van der Waals surface area (Å²) >= 11 is 0. The molecule has 2 aliphatic rings. The summed E-state index contributed by atoms with van der Waals surface area (Å²) in [4.78, 5) is 191. The number of nitrogens with one attached hydrogen (secondary N) is 8. The van der Waals surface area contributed by atoms with E-state index in [4.69, 9.17) is 94.7 Å². The number of esters is 2. The second kappa shape index (κ2) is 75.4. The minimum Gasteiger partial charge on any atom is -0.460 e. The van der Waals surface area contributed by atoms with E-state index in [1.807, 2.05) is 0 Å². The molecule has 8 N–H and O–H groups in total. The van der Waals surface area contributed by atoms with Gasteiger partial charge >= 0.3 is 11.9 Å². The highest BCUT2D eigenvalue weighted by molar-refractivity contribution is 6.14. The number of ether oxygens (including phenoxy) is 20. The lowest BCUT2D eigenvalue weighted by Gasteiger charge is -2.30. The van der Waals surface area contributed by atoms with Crippen molar-refractivity contribution in [3.05, 3.63) is 24.3 Å². The van der Waals surface area contributed by atoms with E-state index in [2.05, 4.69) is 42.5 Å². The lowest BCUT2D eigenvalue weighted by atomic mass is 10.0. The van der Waals surface area contributed by atoms with Crippen molar-refractivity contribution >= 4 is 82.8 Å². The largest absolute Gasteiger partial charge is 0.460 e. The first-order valence-electron chi connectivity index (χ1n) is 43.6. The van der Waals surface area contributed by atoms with Crippen LogP contribution in [-0.2, 0) is 162 Å². The summed E-state index contributed by atoms with van der Waals surface area (Å²) in [5, 5.41) is 20.6. The van der Waals surface area contributed by atoms with Crippen LogP contribution in [-0.4, -0.2) is 406 Å². The van der Waals surface area contributed by atoms with Gasteiger partial charge in [0.05, 0.1) is 237 Å². The molecule has 12 amide bonds. The predicted molar refractivity (Wildman–Crippen MR) is 455 cm³/mol. The van der Waals surface area contributed by atoms with Crippen molar-refractivity contribution in [1.29, 1.82) is 0 Å².